The summed E-state index contributed by atoms with van der Waals surface area (Å²) in [5.74, 6) is 0.643. The minimum absolute atomic E-state index is 0.444. The first-order valence-corrected chi connectivity index (χ1v) is 7.49. The van der Waals surface area contributed by atoms with Crippen molar-refractivity contribution in [2.45, 2.75) is 18.8 Å². The molecule has 0 spiro atoms. The summed E-state index contributed by atoms with van der Waals surface area (Å²) in [7, 11) is 0. The van der Waals surface area contributed by atoms with Crippen molar-refractivity contribution in [3.05, 3.63) is 54.0 Å². The zero-order valence-corrected chi connectivity index (χ0v) is 12.4. The summed E-state index contributed by atoms with van der Waals surface area (Å²) in [6, 6.07) is 9.37. The van der Waals surface area contributed by atoms with E-state index >= 15 is 0 Å². The zero-order valence-electron chi connectivity index (χ0n) is 12.4. The summed E-state index contributed by atoms with van der Waals surface area (Å²) in [6.45, 7) is 0. The van der Waals surface area contributed by atoms with Gasteiger partial charge in [-0.1, -0.05) is 12.1 Å². The predicted octanol–water partition coefficient (Wildman–Crippen LogP) is 2.51. The number of nitrogens with two attached hydrogens (primary N) is 1. The summed E-state index contributed by atoms with van der Waals surface area (Å²) in [4.78, 5) is 20.7. The van der Waals surface area contributed by atoms with Gasteiger partial charge in [-0.25, -0.2) is 4.98 Å². The predicted molar refractivity (Wildman–Crippen MR) is 85.5 cm³/mol. The van der Waals surface area contributed by atoms with Crippen LogP contribution in [-0.2, 0) is 0 Å². The van der Waals surface area contributed by atoms with Gasteiger partial charge in [0.05, 0.1) is 5.69 Å². The van der Waals surface area contributed by atoms with Crippen molar-refractivity contribution in [3.8, 4) is 22.6 Å². The molecule has 2 heterocycles. The van der Waals surface area contributed by atoms with Crippen molar-refractivity contribution in [2.24, 2.45) is 5.73 Å². The molecule has 3 aromatic rings. The second-order valence-corrected chi connectivity index (χ2v) is 5.64. The second-order valence-electron chi connectivity index (χ2n) is 5.64. The van der Waals surface area contributed by atoms with Crippen molar-refractivity contribution in [1.29, 1.82) is 0 Å². The fourth-order valence-electron chi connectivity index (χ4n) is 2.92. The van der Waals surface area contributed by atoms with Gasteiger partial charge >= 0.3 is 0 Å². The van der Waals surface area contributed by atoms with E-state index in [1.165, 1.54) is 6.33 Å². The SMILES string of the molecule is NC(=O)c1ccc(C2CC2)c(-c2ncn[nH]2)c1-c1ccccn1. The van der Waals surface area contributed by atoms with Crippen LogP contribution in [0.4, 0.5) is 0 Å². The quantitative estimate of drug-likeness (QED) is 0.773. The molecule has 1 aliphatic carbocycles. The standard InChI is InChI=1S/C17H15N5O/c18-16(23)12-7-6-11(10-4-5-10)15(17-20-9-21-22-17)14(12)13-3-1-2-8-19-13/h1-3,6-10H,4-5H2,(H2,18,23)(H,20,21,22). The zero-order chi connectivity index (χ0) is 15.8. The van der Waals surface area contributed by atoms with E-state index < -0.39 is 5.91 Å². The number of aromatic nitrogens is 4. The molecule has 23 heavy (non-hydrogen) atoms. The van der Waals surface area contributed by atoms with Crippen molar-refractivity contribution in [2.75, 3.05) is 0 Å². The molecule has 6 heteroatoms. The Kier molecular flexibility index (Phi) is 3.15. The van der Waals surface area contributed by atoms with E-state index in [4.69, 9.17) is 5.73 Å². The molecule has 1 saturated carbocycles. The maximum Gasteiger partial charge on any atom is 0.249 e. The minimum Gasteiger partial charge on any atom is -0.366 e. The number of aromatic amines is 1. The number of carbonyl (C=O) groups is 1. The van der Waals surface area contributed by atoms with Gasteiger partial charge in [-0.3, -0.25) is 14.9 Å². The summed E-state index contributed by atoms with van der Waals surface area (Å²) in [6.07, 6.45) is 5.44. The smallest absolute Gasteiger partial charge is 0.249 e. The number of hydrogen-bond donors (Lipinski definition) is 2. The molecule has 1 amide bonds. The molecule has 1 fully saturated rings. The molecule has 0 saturated heterocycles. The molecule has 0 atom stereocenters. The lowest BCUT2D eigenvalue weighted by Crippen LogP contribution is -2.14. The normalized spacial score (nSPS) is 13.9. The first kappa shape index (κ1) is 13.6. The lowest BCUT2D eigenvalue weighted by molar-refractivity contribution is 0.100. The van der Waals surface area contributed by atoms with Gasteiger partial charge in [0.2, 0.25) is 5.91 Å². The number of pyridine rings is 1. The lowest BCUT2D eigenvalue weighted by Gasteiger charge is -2.15. The summed E-state index contributed by atoms with van der Waals surface area (Å²) in [5, 5.41) is 6.87. The average Bonchev–Trinajstić information content (AvgIpc) is 3.28. The molecule has 0 radical (unpaired) electrons. The third kappa shape index (κ3) is 2.38. The van der Waals surface area contributed by atoms with E-state index in [1.54, 1.807) is 12.3 Å². The van der Waals surface area contributed by atoms with E-state index in [0.29, 0.717) is 23.0 Å². The second kappa shape index (κ2) is 5.31. The largest absolute Gasteiger partial charge is 0.366 e. The van der Waals surface area contributed by atoms with Gasteiger partial charge in [0.15, 0.2) is 5.82 Å². The van der Waals surface area contributed by atoms with Crippen LogP contribution >= 0.6 is 0 Å². The average molecular weight is 305 g/mol. The molecule has 1 aliphatic rings. The minimum atomic E-state index is -0.478. The molecular weight excluding hydrogens is 290 g/mol. The van der Waals surface area contributed by atoms with E-state index in [2.05, 4.69) is 20.2 Å². The highest BCUT2D eigenvalue weighted by molar-refractivity contribution is 6.03. The Morgan fingerprint density at radius 1 is 1.13 bits per heavy atom. The van der Waals surface area contributed by atoms with Crippen molar-refractivity contribution >= 4 is 5.91 Å². The molecule has 4 rings (SSSR count). The fraction of sp³-hybridized carbons (Fsp3) is 0.176. The highest BCUT2D eigenvalue weighted by atomic mass is 16.1. The topological polar surface area (TPSA) is 97.5 Å². The van der Waals surface area contributed by atoms with Crippen molar-refractivity contribution < 1.29 is 4.79 Å². The maximum absolute atomic E-state index is 12.0. The van der Waals surface area contributed by atoms with E-state index in [9.17, 15) is 4.79 Å². The number of amides is 1. The Morgan fingerprint density at radius 3 is 2.61 bits per heavy atom. The van der Waals surface area contributed by atoms with Crippen LogP contribution in [0.5, 0.6) is 0 Å². The van der Waals surface area contributed by atoms with Crippen LogP contribution in [-0.4, -0.2) is 26.1 Å². The van der Waals surface area contributed by atoms with E-state index in [1.807, 2.05) is 24.3 Å². The number of hydrogen-bond acceptors (Lipinski definition) is 4. The number of H-pyrrole nitrogens is 1. The molecule has 3 N–H and O–H groups in total. The Morgan fingerprint density at radius 2 is 2.00 bits per heavy atom. The molecule has 0 unspecified atom stereocenters. The Balaban J connectivity index is 2.07. The number of carbonyl (C=O) groups excluding carboxylic acids is 1. The summed E-state index contributed by atoms with van der Waals surface area (Å²) in [5.41, 5.74) is 9.51. The van der Waals surface area contributed by atoms with Crippen LogP contribution in [0, 0.1) is 0 Å². The van der Waals surface area contributed by atoms with Crippen LogP contribution in [0.25, 0.3) is 22.6 Å². The van der Waals surface area contributed by atoms with Gasteiger partial charge in [-0.2, -0.15) is 5.10 Å². The molecule has 0 bridgehead atoms. The number of benzene rings is 1. The number of nitrogens with one attached hydrogen (secondary N) is 1. The van der Waals surface area contributed by atoms with Crippen LogP contribution in [0.15, 0.2) is 42.9 Å². The first-order chi connectivity index (χ1) is 11.3. The van der Waals surface area contributed by atoms with Crippen molar-refractivity contribution in [1.82, 2.24) is 20.2 Å². The van der Waals surface area contributed by atoms with E-state index in [-0.39, 0.29) is 0 Å². The number of nitrogens with zero attached hydrogens (tertiary/aromatic N) is 3. The van der Waals surface area contributed by atoms with Gasteiger partial charge in [0.1, 0.15) is 6.33 Å². The highest BCUT2D eigenvalue weighted by Gasteiger charge is 2.31. The Bertz CT molecular complexity index is 854. The third-order valence-electron chi connectivity index (χ3n) is 4.09. The summed E-state index contributed by atoms with van der Waals surface area (Å²) >= 11 is 0. The molecule has 6 nitrogen and oxygen atoms in total. The Hall–Kier alpha value is -3.02. The van der Waals surface area contributed by atoms with Crippen LogP contribution in [0.1, 0.15) is 34.7 Å². The molecule has 1 aromatic carbocycles. The monoisotopic (exact) mass is 305 g/mol. The van der Waals surface area contributed by atoms with Gasteiger partial charge in [0.25, 0.3) is 0 Å². The van der Waals surface area contributed by atoms with Crippen LogP contribution in [0.3, 0.4) is 0 Å². The van der Waals surface area contributed by atoms with E-state index in [0.717, 1.165) is 29.5 Å². The molecule has 0 aliphatic heterocycles. The van der Waals surface area contributed by atoms with Crippen molar-refractivity contribution in [3.63, 3.8) is 0 Å². The van der Waals surface area contributed by atoms with Crippen LogP contribution in [0.2, 0.25) is 0 Å². The van der Waals surface area contributed by atoms with Gasteiger partial charge in [0, 0.05) is 22.9 Å². The van der Waals surface area contributed by atoms with Gasteiger partial charge in [-0.15, -0.1) is 0 Å². The number of rotatable bonds is 4. The lowest BCUT2D eigenvalue weighted by atomic mass is 9.90. The third-order valence-corrected chi connectivity index (χ3v) is 4.09. The van der Waals surface area contributed by atoms with Gasteiger partial charge < -0.3 is 5.73 Å². The first-order valence-electron chi connectivity index (χ1n) is 7.49. The fourth-order valence-corrected chi connectivity index (χ4v) is 2.92. The summed E-state index contributed by atoms with van der Waals surface area (Å²) < 4.78 is 0. The maximum atomic E-state index is 12.0. The molecule has 2 aromatic heterocycles. The molecular formula is C17H15N5O. The number of primary amides is 1. The Labute approximate surface area is 132 Å². The molecule has 114 valence electrons. The van der Waals surface area contributed by atoms with Crippen LogP contribution < -0.4 is 5.73 Å². The van der Waals surface area contributed by atoms with Gasteiger partial charge in [-0.05, 0) is 42.5 Å². The highest BCUT2D eigenvalue weighted by Crippen LogP contribution is 2.47.